The van der Waals surface area contributed by atoms with Gasteiger partial charge in [0.15, 0.2) is 0 Å². The second kappa shape index (κ2) is 15.0. The first-order valence-electron chi connectivity index (χ1n) is 13.8. The second-order valence-electron chi connectivity index (χ2n) is 10.6. The lowest BCUT2D eigenvalue weighted by molar-refractivity contribution is -0.219. The van der Waals surface area contributed by atoms with Gasteiger partial charge in [0.1, 0.15) is 18.1 Å². The molecule has 2 saturated heterocycles. The number of carbonyl (C=O) groups excluding carboxylic acids is 1. The van der Waals surface area contributed by atoms with Crippen molar-refractivity contribution in [3.63, 3.8) is 0 Å². The largest absolute Gasteiger partial charge is 0.491 e. The Labute approximate surface area is 264 Å². The molecular formula is C28H30Cl2F5N3O7. The van der Waals surface area contributed by atoms with Gasteiger partial charge in [-0.1, -0.05) is 35.3 Å². The molecular weight excluding hydrogens is 656 g/mol. The van der Waals surface area contributed by atoms with Gasteiger partial charge in [0.25, 0.3) is 6.43 Å². The van der Waals surface area contributed by atoms with Crippen LogP contribution in [0, 0.1) is 0 Å². The molecule has 0 aliphatic carbocycles. The van der Waals surface area contributed by atoms with E-state index in [2.05, 4.69) is 15.0 Å². The average Bonchev–Trinajstić information content (AvgIpc) is 3.33. The van der Waals surface area contributed by atoms with Crippen LogP contribution >= 0.6 is 23.2 Å². The van der Waals surface area contributed by atoms with Gasteiger partial charge in [0.05, 0.1) is 22.9 Å². The van der Waals surface area contributed by atoms with E-state index in [0.717, 1.165) is 50.2 Å². The Bertz CT molecular complexity index is 1330. The highest BCUT2D eigenvalue weighted by Crippen LogP contribution is 2.40. The van der Waals surface area contributed by atoms with Crippen LogP contribution in [0.5, 0.6) is 11.5 Å². The van der Waals surface area contributed by atoms with E-state index in [4.69, 9.17) is 32.7 Å². The molecule has 3 atom stereocenters. The standard InChI is InChI=1S/C28H30Cl2F5N3O7/c29-16-3-1-15(2-4-16)11-37-7-5-17(6-8-37)36-19-12-38(13-21(19)39)20-10-22(43-14-24(31)32)18(30)9-23(20)44-26(25(40)41)45-27(42)28(33,34)35/h1-4,9-10,17,19,21,24,26,36,39H,5-8,11-14H2,(H,40,41). The number of likely N-dealkylation sites (tertiary alicyclic amines) is 1. The molecule has 2 aromatic carbocycles. The number of carboxylic acids is 1. The highest BCUT2D eigenvalue weighted by molar-refractivity contribution is 6.32. The number of piperidine rings is 1. The molecule has 248 valence electrons. The lowest BCUT2D eigenvalue weighted by Crippen LogP contribution is -2.49. The van der Waals surface area contributed by atoms with Crippen LogP contribution in [-0.2, 0) is 20.9 Å². The second-order valence-corrected chi connectivity index (χ2v) is 11.4. The molecule has 3 unspecified atom stereocenters. The third kappa shape index (κ3) is 9.69. The number of halogens is 7. The number of aliphatic hydroxyl groups excluding tert-OH is 1. The molecule has 2 aliphatic rings. The molecule has 2 heterocycles. The van der Waals surface area contributed by atoms with Gasteiger partial charge in [-0.2, -0.15) is 13.2 Å². The van der Waals surface area contributed by atoms with Crippen molar-refractivity contribution < 1.29 is 56.0 Å². The number of ether oxygens (including phenoxy) is 3. The third-order valence-electron chi connectivity index (χ3n) is 7.25. The van der Waals surface area contributed by atoms with Crippen molar-refractivity contribution in [1.29, 1.82) is 0 Å². The minimum absolute atomic E-state index is 0.0425. The number of esters is 1. The number of aliphatic hydroxyl groups is 1. The SMILES string of the molecule is O=C(O)C(OC(=O)C(F)(F)F)Oc1cc(Cl)c(OCC(F)F)cc1N1CC(O)C(NC2CCN(Cc3ccc(Cl)cc3)CC2)C1. The van der Waals surface area contributed by atoms with Gasteiger partial charge < -0.3 is 34.6 Å². The molecule has 2 fully saturated rings. The van der Waals surface area contributed by atoms with Crippen molar-refractivity contribution in [2.45, 2.75) is 56.5 Å². The number of hydrogen-bond donors (Lipinski definition) is 3. The van der Waals surface area contributed by atoms with Gasteiger partial charge in [-0.3, -0.25) is 4.90 Å². The van der Waals surface area contributed by atoms with E-state index < -0.39 is 55.3 Å². The maximum absolute atomic E-state index is 12.8. The van der Waals surface area contributed by atoms with Crippen LogP contribution in [0.3, 0.4) is 0 Å². The van der Waals surface area contributed by atoms with E-state index in [1.165, 1.54) is 4.90 Å². The number of β-amino-alcohol motifs (C(OH)–C–C–N with tert-alkyl or cyclic N) is 1. The number of carboxylic acid groups (broad SMARTS) is 1. The fourth-order valence-electron chi connectivity index (χ4n) is 5.09. The summed E-state index contributed by atoms with van der Waals surface area (Å²) in [6.07, 6.45) is -10.5. The van der Waals surface area contributed by atoms with E-state index in [0.29, 0.717) is 5.02 Å². The number of nitrogens with one attached hydrogen (secondary N) is 1. The predicted molar refractivity (Wildman–Crippen MR) is 152 cm³/mol. The Morgan fingerprint density at radius 1 is 1.04 bits per heavy atom. The molecule has 0 radical (unpaired) electrons. The van der Waals surface area contributed by atoms with Crippen LogP contribution in [0.2, 0.25) is 10.0 Å². The Balaban J connectivity index is 1.46. The fraction of sp³-hybridized carbons (Fsp3) is 0.500. The zero-order chi connectivity index (χ0) is 32.9. The lowest BCUT2D eigenvalue weighted by Gasteiger charge is -2.34. The Kier molecular flexibility index (Phi) is 11.6. The molecule has 0 bridgehead atoms. The van der Waals surface area contributed by atoms with E-state index in [-0.39, 0.29) is 35.6 Å². The molecule has 0 aromatic heterocycles. The number of rotatable bonds is 12. The molecule has 0 amide bonds. The van der Waals surface area contributed by atoms with Gasteiger partial charge >= 0.3 is 24.4 Å². The summed E-state index contributed by atoms with van der Waals surface area (Å²) in [5.74, 6) is -5.57. The predicted octanol–water partition coefficient (Wildman–Crippen LogP) is 4.34. The van der Waals surface area contributed by atoms with Crippen molar-refractivity contribution in [2.24, 2.45) is 0 Å². The maximum Gasteiger partial charge on any atom is 0.491 e. The molecule has 2 aliphatic heterocycles. The third-order valence-corrected chi connectivity index (χ3v) is 7.79. The molecule has 4 rings (SSSR count). The summed E-state index contributed by atoms with van der Waals surface area (Å²) in [6.45, 7) is 1.36. The summed E-state index contributed by atoms with van der Waals surface area (Å²) in [6, 6.07) is 9.23. The summed E-state index contributed by atoms with van der Waals surface area (Å²) in [7, 11) is 0. The van der Waals surface area contributed by atoms with Crippen molar-refractivity contribution in [2.75, 3.05) is 37.7 Å². The monoisotopic (exact) mass is 685 g/mol. The quantitative estimate of drug-likeness (QED) is 0.169. The number of carbonyl (C=O) groups is 2. The number of alkyl halides is 5. The Morgan fingerprint density at radius 2 is 1.71 bits per heavy atom. The number of benzene rings is 2. The van der Waals surface area contributed by atoms with Crippen LogP contribution < -0.4 is 19.7 Å². The number of anilines is 1. The molecule has 0 saturated carbocycles. The van der Waals surface area contributed by atoms with Crippen LogP contribution in [0.15, 0.2) is 36.4 Å². The fourth-order valence-corrected chi connectivity index (χ4v) is 5.42. The number of hydrogen-bond acceptors (Lipinski definition) is 9. The van der Waals surface area contributed by atoms with E-state index in [1.54, 1.807) is 0 Å². The molecule has 10 nitrogen and oxygen atoms in total. The van der Waals surface area contributed by atoms with Gasteiger partial charge in [-0.15, -0.1) is 0 Å². The number of aliphatic carboxylic acids is 1. The van der Waals surface area contributed by atoms with Crippen LogP contribution in [-0.4, -0.2) is 96.9 Å². The Morgan fingerprint density at radius 3 is 2.31 bits per heavy atom. The molecule has 45 heavy (non-hydrogen) atoms. The topological polar surface area (TPSA) is 121 Å². The van der Waals surface area contributed by atoms with Crippen LogP contribution in [0.25, 0.3) is 0 Å². The van der Waals surface area contributed by atoms with Gasteiger partial charge in [0, 0.05) is 42.8 Å². The highest BCUT2D eigenvalue weighted by Gasteiger charge is 2.44. The minimum Gasteiger partial charge on any atom is -0.486 e. The Hall–Kier alpha value is -3.11. The minimum atomic E-state index is -5.51. The lowest BCUT2D eigenvalue weighted by atomic mass is 10.0. The molecule has 17 heteroatoms. The van der Waals surface area contributed by atoms with Gasteiger partial charge in [-0.05, 0) is 43.6 Å². The van der Waals surface area contributed by atoms with Crippen molar-refractivity contribution in [3.05, 3.63) is 52.0 Å². The molecule has 0 spiro atoms. The molecule has 2 aromatic rings. The first-order valence-corrected chi connectivity index (χ1v) is 14.5. The first-order chi connectivity index (χ1) is 21.2. The number of nitrogens with zero attached hydrogens (tertiary/aromatic N) is 2. The maximum atomic E-state index is 12.8. The summed E-state index contributed by atoms with van der Waals surface area (Å²) in [5, 5.41) is 24.0. The van der Waals surface area contributed by atoms with Crippen molar-refractivity contribution in [3.8, 4) is 11.5 Å². The van der Waals surface area contributed by atoms with Crippen molar-refractivity contribution in [1.82, 2.24) is 10.2 Å². The van der Waals surface area contributed by atoms with E-state index in [1.807, 2.05) is 24.3 Å². The van der Waals surface area contributed by atoms with E-state index in [9.17, 15) is 41.8 Å². The average molecular weight is 686 g/mol. The van der Waals surface area contributed by atoms with Crippen LogP contribution in [0.4, 0.5) is 27.6 Å². The zero-order valence-corrected chi connectivity index (χ0v) is 25.0. The van der Waals surface area contributed by atoms with Crippen LogP contribution in [0.1, 0.15) is 18.4 Å². The smallest absolute Gasteiger partial charge is 0.486 e. The highest BCUT2D eigenvalue weighted by atomic mass is 35.5. The molecule has 3 N–H and O–H groups in total. The summed E-state index contributed by atoms with van der Waals surface area (Å²) in [5.41, 5.74) is 1.09. The van der Waals surface area contributed by atoms with Crippen molar-refractivity contribution >= 4 is 40.8 Å². The normalized spacial score (nSPS) is 20.3. The summed E-state index contributed by atoms with van der Waals surface area (Å²) >= 11 is 12.1. The summed E-state index contributed by atoms with van der Waals surface area (Å²) in [4.78, 5) is 26.7. The summed E-state index contributed by atoms with van der Waals surface area (Å²) < 4.78 is 78.1. The first kappa shape index (κ1) is 34.8. The van der Waals surface area contributed by atoms with Gasteiger partial charge in [0.2, 0.25) is 0 Å². The zero-order valence-electron chi connectivity index (χ0n) is 23.5. The van der Waals surface area contributed by atoms with Gasteiger partial charge in [-0.25, -0.2) is 18.4 Å². The van der Waals surface area contributed by atoms with E-state index >= 15 is 0 Å².